The standard InChI is InChI=1S/C7H15NO2.C2H6/c1-6(7(9)10)4-5-8(2)3;1-2/h6H,4-5H2,1-3H3,(H,9,10);1-2H3. The van der Waals surface area contributed by atoms with E-state index in [0.717, 1.165) is 13.0 Å². The van der Waals surface area contributed by atoms with Gasteiger partial charge in [0.05, 0.1) is 5.92 Å². The average Bonchev–Trinajstić information content (AvgIpc) is 2.03. The SMILES string of the molecule is CC.CC(CCN(C)C)C(=O)O. The first-order valence-electron chi connectivity index (χ1n) is 4.41. The van der Waals surface area contributed by atoms with Crippen LogP contribution in [0, 0.1) is 5.92 Å². The average molecular weight is 175 g/mol. The molecule has 0 saturated heterocycles. The summed E-state index contributed by atoms with van der Waals surface area (Å²) in [6.07, 6.45) is 0.725. The highest BCUT2D eigenvalue weighted by Gasteiger charge is 2.09. The van der Waals surface area contributed by atoms with Crippen molar-refractivity contribution in [2.24, 2.45) is 5.92 Å². The molecule has 0 aromatic rings. The first-order chi connectivity index (χ1) is 5.54. The number of rotatable bonds is 4. The molecule has 0 heterocycles. The Kier molecular flexibility index (Phi) is 9.93. The lowest BCUT2D eigenvalue weighted by atomic mass is 10.1. The van der Waals surface area contributed by atoms with Crippen molar-refractivity contribution in [3.63, 3.8) is 0 Å². The molecule has 1 N–H and O–H groups in total. The van der Waals surface area contributed by atoms with E-state index in [4.69, 9.17) is 5.11 Å². The van der Waals surface area contributed by atoms with Crippen LogP contribution < -0.4 is 0 Å². The van der Waals surface area contributed by atoms with Crippen molar-refractivity contribution < 1.29 is 9.90 Å². The van der Waals surface area contributed by atoms with Gasteiger partial charge in [-0.3, -0.25) is 4.79 Å². The Bertz CT molecular complexity index is 113. The van der Waals surface area contributed by atoms with Gasteiger partial charge in [-0.15, -0.1) is 0 Å². The van der Waals surface area contributed by atoms with Crippen LogP contribution in [0.25, 0.3) is 0 Å². The predicted octanol–water partition coefficient (Wildman–Crippen LogP) is 1.69. The van der Waals surface area contributed by atoms with Gasteiger partial charge in [0.2, 0.25) is 0 Å². The van der Waals surface area contributed by atoms with Crippen LogP contribution in [0.5, 0.6) is 0 Å². The molecule has 0 bridgehead atoms. The molecule has 1 atom stereocenters. The maximum Gasteiger partial charge on any atom is 0.306 e. The number of carboxylic acids is 1. The Morgan fingerprint density at radius 3 is 2.08 bits per heavy atom. The second-order valence-corrected chi connectivity index (χ2v) is 2.83. The van der Waals surface area contributed by atoms with Gasteiger partial charge in [0.25, 0.3) is 0 Å². The fourth-order valence-electron chi connectivity index (χ4n) is 0.575. The topological polar surface area (TPSA) is 40.5 Å². The Balaban J connectivity index is 0. The Morgan fingerprint density at radius 2 is 1.83 bits per heavy atom. The molecule has 0 aromatic heterocycles. The lowest BCUT2D eigenvalue weighted by Gasteiger charge is -2.10. The van der Waals surface area contributed by atoms with Crippen LogP contribution in [0.3, 0.4) is 0 Å². The predicted molar refractivity (Wildman–Crippen MR) is 51.3 cm³/mol. The summed E-state index contributed by atoms with van der Waals surface area (Å²) in [4.78, 5) is 12.3. The molecule has 0 aliphatic carbocycles. The summed E-state index contributed by atoms with van der Waals surface area (Å²) in [6.45, 7) is 6.57. The highest BCUT2D eigenvalue weighted by atomic mass is 16.4. The van der Waals surface area contributed by atoms with Gasteiger partial charge in [-0.1, -0.05) is 20.8 Å². The van der Waals surface area contributed by atoms with E-state index in [1.54, 1.807) is 6.92 Å². The van der Waals surface area contributed by atoms with Crippen LogP contribution in [0.1, 0.15) is 27.2 Å². The summed E-state index contributed by atoms with van der Waals surface area (Å²) in [5.74, 6) is -0.927. The monoisotopic (exact) mass is 175 g/mol. The van der Waals surface area contributed by atoms with Crippen molar-refractivity contribution in [2.45, 2.75) is 27.2 Å². The highest BCUT2D eigenvalue weighted by molar-refractivity contribution is 5.69. The molecule has 0 aromatic carbocycles. The van der Waals surface area contributed by atoms with Crippen molar-refractivity contribution in [1.29, 1.82) is 0 Å². The lowest BCUT2D eigenvalue weighted by molar-refractivity contribution is -0.141. The second-order valence-electron chi connectivity index (χ2n) is 2.83. The zero-order chi connectivity index (χ0) is 10.1. The molecule has 3 heteroatoms. The van der Waals surface area contributed by atoms with Gasteiger partial charge in [0.15, 0.2) is 0 Å². The van der Waals surface area contributed by atoms with Gasteiger partial charge in [-0.25, -0.2) is 0 Å². The summed E-state index contributed by atoms with van der Waals surface area (Å²) in [5, 5.41) is 8.48. The van der Waals surface area contributed by atoms with E-state index < -0.39 is 5.97 Å². The van der Waals surface area contributed by atoms with Gasteiger partial charge in [-0.05, 0) is 27.1 Å². The summed E-state index contributed by atoms with van der Waals surface area (Å²) in [5.41, 5.74) is 0. The number of nitrogens with zero attached hydrogens (tertiary/aromatic N) is 1. The number of carbonyl (C=O) groups is 1. The first kappa shape index (κ1) is 14.0. The molecule has 0 rings (SSSR count). The maximum atomic E-state index is 10.3. The van der Waals surface area contributed by atoms with Gasteiger partial charge in [0.1, 0.15) is 0 Å². The summed E-state index contributed by atoms with van der Waals surface area (Å²) in [7, 11) is 3.88. The Hall–Kier alpha value is -0.570. The van der Waals surface area contributed by atoms with Gasteiger partial charge < -0.3 is 10.0 Å². The number of carboxylic acid groups (broad SMARTS) is 1. The van der Waals surface area contributed by atoms with E-state index in [2.05, 4.69) is 0 Å². The quantitative estimate of drug-likeness (QED) is 0.706. The number of hydrogen-bond donors (Lipinski definition) is 1. The molecule has 0 radical (unpaired) electrons. The number of hydrogen-bond acceptors (Lipinski definition) is 2. The van der Waals surface area contributed by atoms with E-state index in [-0.39, 0.29) is 5.92 Å². The molecule has 0 aliphatic rings. The van der Waals surface area contributed by atoms with E-state index in [0.29, 0.717) is 0 Å². The molecule has 0 fully saturated rings. The molecule has 74 valence electrons. The van der Waals surface area contributed by atoms with Crippen LogP contribution in [0.4, 0.5) is 0 Å². The molecular formula is C9H21NO2. The summed E-state index contributed by atoms with van der Waals surface area (Å²) < 4.78 is 0. The third-order valence-electron chi connectivity index (χ3n) is 1.43. The van der Waals surface area contributed by atoms with E-state index in [1.165, 1.54) is 0 Å². The number of aliphatic carboxylic acids is 1. The molecule has 3 nitrogen and oxygen atoms in total. The minimum Gasteiger partial charge on any atom is -0.481 e. The zero-order valence-electron chi connectivity index (χ0n) is 8.79. The van der Waals surface area contributed by atoms with Crippen molar-refractivity contribution >= 4 is 5.97 Å². The third kappa shape index (κ3) is 9.43. The van der Waals surface area contributed by atoms with Crippen LogP contribution >= 0.6 is 0 Å². The largest absolute Gasteiger partial charge is 0.481 e. The van der Waals surface area contributed by atoms with E-state index in [9.17, 15) is 4.79 Å². The lowest BCUT2D eigenvalue weighted by Crippen LogP contribution is -2.19. The van der Waals surface area contributed by atoms with Crippen LogP contribution in [-0.4, -0.2) is 36.6 Å². The molecule has 0 aliphatic heterocycles. The summed E-state index contributed by atoms with van der Waals surface area (Å²) >= 11 is 0. The van der Waals surface area contributed by atoms with Crippen LogP contribution in [0.2, 0.25) is 0 Å². The van der Waals surface area contributed by atoms with Crippen molar-refractivity contribution in [3.05, 3.63) is 0 Å². The van der Waals surface area contributed by atoms with E-state index in [1.807, 2.05) is 32.8 Å². The first-order valence-corrected chi connectivity index (χ1v) is 4.41. The maximum absolute atomic E-state index is 10.3. The highest BCUT2D eigenvalue weighted by Crippen LogP contribution is 2.01. The van der Waals surface area contributed by atoms with Gasteiger partial charge in [0, 0.05) is 0 Å². The smallest absolute Gasteiger partial charge is 0.306 e. The molecule has 0 saturated carbocycles. The van der Waals surface area contributed by atoms with Crippen molar-refractivity contribution in [2.75, 3.05) is 20.6 Å². The Labute approximate surface area is 75.4 Å². The second kappa shape index (κ2) is 8.53. The van der Waals surface area contributed by atoms with Crippen LogP contribution in [0.15, 0.2) is 0 Å². The molecular weight excluding hydrogens is 154 g/mol. The molecule has 12 heavy (non-hydrogen) atoms. The van der Waals surface area contributed by atoms with Crippen molar-refractivity contribution in [1.82, 2.24) is 4.90 Å². The van der Waals surface area contributed by atoms with Crippen LogP contribution in [-0.2, 0) is 4.79 Å². The normalized spacial score (nSPS) is 11.8. The van der Waals surface area contributed by atoms with Gasteiger partial charge >= 0.3 is 5.97 Å². The fourth-order valence-corrected chi connectivity index (χ4v) is 0.575. The molecule has 0 spiro atoms. The van der Waals surface area contributed by atoms with Gasteiger partial charge in [-0.2, -0.15) is 0 Å². The minimum absolute atomic E-state index is 0.220. The van der Waals surface area contributed by atoms with E-state index >= 15 is 0 Å². The molecule has 0 amide bonds. The minimum atomic E-state index is -0.707. The zero-order valence-corrected chi connectivity index (χ0v) is 8.79. The summed E-state index contributed by atoms with van der Waals surface area (Å²) in [6, 6.07) is 0. The molecule has 1 unspecified atom stereocenters. The fraction of sp³-hybridized carbons (Fsp3) is 0.889. The Morgan fingerprint density at radius 1 is 1.42 bits per heavy atom. The third-order valence-corrected chi connectivity index (χ3v) is 1.43. The van der Waals surface area contributed by atoms with Crippen molar-refractivity contribution in [3.8, 4) is 0 Å².